The summed E-state index contributed by atoms with van der Waals surface area (Å²) in [7, 11) is 0. The molecular weight excluding hydrogens is 310 g/mol. The molecule has 0 bridgehead atoms. The molecule has 0 atom stereocenters. The third-order valence-electron chi connectivity index (χ3n) is 3.40. The van der Waals surface area contributed by atoms with Crippen LogP contribution in [0.4, 0.5) is 0 Å². The first-order valence-corrected chi connectivity index (χ1v) is 8.57. The van der Waals surface area contributed by atoms with Gasteiger partial charge in [-0.3, -0.25) is 9.59 Å². The maximum Gasteiger partial charge on any atom is 0.253 e. The molecule has 0 aromatic carbocycles. The minimum absolute atomic E-state index is 0.00358. The number of aromatic hydroxyl groups is 1. The Kier molecular flexibility index (Phi) is 4.16. The first-order valence-electron chi connectivity index (χ1n) is 6.77. The fourth-order valence-corrected chi connectivity index (χ4v) is 4.25. The van der Waals surface area contributed by atoms with E-state index in [0.717, 1.165) is 18.9 Å². The predicted octanol–water partition coefficient (Wildman–Crippen LogP) is 1.84. The van der Waals surface area contributed by atoms with Gasteiger partial charge in [-0.05, 0) is 12.8 Å². The minimum atomic E-state index is -0.388. The molecule has 0 saturated heterocycles. The molecule has 1 aliphatic carbocycles. The van der Waals surface area contributed by atoms with Crippen molar-refractivity contribution in [2.75, 3.05) is 5.75 Å². The smallest absolute Gasteiger partial charge is 0.253 e. The largest absolute Gasteiger partial charge is 0.506 e. The number of thioether (sulfide) groups is 1. The zero-order chi connectivity index (χ0) is 14.8. The number of aromatic amines is 1. The highest BCUT2D eigenvalue weighted by atomic mass is 32.2. The summed E-state index contributed by atoms with van der Waals surface area (Å²) in [5, 5.41) is 12.7. The average molecular weight is 325 g/mol. The lowest BCUT2D eigenvalue weighted by atomic mass is 10.2. The number of thiazole rings is 1. The van der Waals surface area contributed by atoms with Gasteiger partial charge in [0.15, 0.2) is 9.99 Å². The van der Waals surface area contributed by atoms with Crippen molar-refractivity contribution >= 4 is 39.4 Å². The Bertz CT molecular complexity index is 719. The summed E-state index contributed by atoms with van der Waals surface area (Å²) in [5.74, 6) is 0.221. The van der Waals surface area contributed by atoms with Gasteiger partial charge in [-0.25, -0.2) is 4.98 Å². The lowest BCUT2D eigenvalue weighted by Gasteiger charge is -2.10. The van der Waals surface area contributed by atoms with Crippen molar-refractivity contribution in [1.29, 1.82) is 0 Å². The molecule has 3 rings (SSSR count). The van der Waals surface area contributed by atoms with Crippen LogP contribution in [0.3, 0.4) is 0 Å². The number of fused-ring (bicyclic) bond motifs is 1. The van der Waals surface area contributed by atoms with Gasteiger partial charge in [0.05, 0.1) is 5.75 Å². The van der Waals surface area contributed by atoms with Crippen molar-refractivity contribution < 1.29 is 9.90 Å². The molecule has 3 N–H and O–H groups in total. The van der Waals surface area contributed by atoms with Crippen LogP contribution >= 0.6 is 23.1 Å². The van der Waals surface area contributed by atoms with E-state index in [-0.39, 0.29) is 17.2 Å². The van der Waals surface area contributed by atoms with E-state index in [1.54, 1.807) is 0 Å². The van der Waals surface area contributed by atoms with Crippen LogP contribution in [0.1, 0.15) is 25.7 Å². The number of nitrogens with one attached hydrogen (secondary N) is 2. The number of carbonyl (C=O) groups is 1. The third-order valence-corrected chi connectivity index (χ3v) is 5.62. The van der Waals surface area contributed by atoms with Gasteiger partial charge in [0.25, 0.3) is 5.56 Å². The summed E-state index contributed by atoms with van der Waals surface area (Å²) in [4.78, 5) is 29.9. The summed E-state index contributed by atoms with van der Waals surface area (Å²) in [5.41, 5.74) is -0.0236. The topological polar surface area (TPSA) is 95.1 Å². The molecule has 0 spiro atoms. The van der Waals surface area contributed by atoms with Crippen LogP contribution < -0.4 is 10.9 Å². The Morgan fingerprint density at radius 3 is 3.05 bits per heavy atom. The summed E-state index contributed by atoms with van der Waals surface area (Å²) in [6.07, 6.45) is 4.49. The molecule has 1 fully saturated rings. The second-order valence-electron chi connectivity index (χ2n) is 5.01. The first-order chi connectivity index (χ1) is 10.1. The van der Waals surface area contributed by atoms with Crippen LogP contribution in [0, 0.1) is 0 Å². The molecule has 0 aliphatic heterocycles. The Morgan fingerprint density at radius 1 is 1.52 bits per heavy atom. The van der Waals surface area contributed by atoms with Crippen molar-refractivity contribution in [2.24, 2.45) is 0 Å². The molecule has 2 aromatic heterocycles. The van der Waals surface area contributed by atoms with E-state index in [0.29, 0.717) is 26.5 Å². The lowest BCUT2D eigenvalue weighted by molar-refractivity contribution is -0.119. The zero-order valence-electron chi connectivity index (χ0n) is 11.2. The lowest BCUT2D eigenvalue weighted by Crippen LogP contribution is -2.33. The second kappa shape index (κ2) is 6.07. The van der Waals surface area contributed by atoms with Crippen molar-refractivity contribution in [3.05, 3.63) is 16.4 Å². The highest BCUT2D eigenvalue weighted by Crippen LogP contribution is 2.32. The molecule has 6 nitrogen and oxygen atoms in total. The number of nitrogens with zero attached hydrogens (tertiary/aromatic N) is 1. The molecule has 0 radical (unpaired) electrons. The van der Waals surface area contributed by atoms with Gasteiger partial charge in [-0.1, -0.05) is 24.6 Å². The van der Waals surface area contributed by atoms with Crippen LogP contribution in [0.25, 0.3) is 10.3 Å². The molecule has 1 amide bonds. The number of H-pyrrole nitrogens is 1. The van der Waals surface area contributed by atoms with Crippen LogP contribution in [-0.2, 0) is 4.79 Å². The zero-order valence-corrected chi connectivity index (χ0v) is 12.9. The number of hydrogen-bond donors (Lipinski definition) is 3. The molecule has 0 unspecified atom stereocenters. The number of rotatable bonds is 4. The normalized spacial score (nSPS) is 15.6. The maximum atomic E-state index is 11.8. The van der Waals surface area contributed by atoms with Crippen molar-refractivity contribution in [3.63, 3.8) is 0 Å². The van der Waals surface area contributed by atoms with E-state index in [9.17, 15) is 14.7 Å². The van der Waals surface area contributed by atoms with Gasteiger partial charge in [0, 0.05) is 12.1 Å². The molecule has 112 valence electrons. The van der Waals surface area contributed by atoms with Crippen LogP contribution in [0.5, 0.6) is 5.75 Å². The van der Waals surface area contributed by atoms with Gasteiger partial charge in [-0.2, -0.15) is 0 Å². The molecule has 2 aromatic rings. The number of pyridine rings is 1. The van der Waals surface area contributed by atoms with Gasteiger partial charge >= 0.3 is 0 Å². The Labute approximate surface area is 129 Å². The quantitative estimate of drug-likeness (QED) is 0.746. The Hall–Kier alpha value is -1.54. The van der Waals surface area contributed by atoms with E-state index in [2.05, 4.69) is 15.3 Å². The van der Waals surface area contributed by atoms with Crippen LogP contribution in [0.15, 0.2) is 15.2 Å². The average Bonchev–Trinajstić information content (AvgIpc) is 3.05. The molecular formula is C13H15N3O3S2. The number of carbonyl (C=O) groups excluding carboxylic acids is 1. The van der Waals surface area contributed by atoms with Gasteiger partial charge < -0.3 is 15.4 Å². The standard InChI is InChI=1S/C13H15N3O3S2/c17-8-5-9(18)15-12-11(8)21-13(16-12)20-6-10(19)14-7-3-1-2-4-7/h5,7H,1-4,6H2,(H,14,19)(H2,15,17,18). The summed E-state index contributed by atoms with van der Waals surface area (Å²) >= 11 is 2.58. The monoisotopic (exact) mass is 325 g/mol. The van der Waals surface area contributed by atoms with Crippen molar-refractivity contribution in [1.82, 2.24) is 15.3 Å². The van der Waals surface area contributed by atoms with Gasteiger partial charge in [0.2, 0.25) is 5.91 Å². The number of amides is 1. The van der Waals surface area contributed by atoms with E-state index in [4.69, 9.17) is 0 Å². The SMILES string of the molecule is O=C(CSc1nc2[nH]c(=O)cc(O)c2s1)NC1CCCC1. The minimum Gasteiger partial charge on any atom is -0.506 e. The third kappa shape index (κ3) is 3.38. The van der Waals surface area contributed by atoms with Crippen molar-refractivity contribution in [2.45, 2.75) is 36.1 Å². The highest BCUT2D eigenvalue weighted by molar-refractivity contribution is 8.01. The summed E-state index contributed by atoms with van der Waals surface area (Å²) in [6.45, 7) is 0. The van der Waals surface area contributed by atoms with Crippen LogP contribution in [-0.4, -0.2) is 32.8 Å². The maximum absolute atomic E-state index is 11.8. The highest BCUT2D eigenvalue weighted by Gasteiger charge is 2.17. The van der Waals surface area contributed by atoms with E-state index >= 15 is 0 Å². The van der Waals surface area contributed by atoms with E-state index in [1.807, 2.05) is 0 Å². The second-order valence-corrected chi connectivity index (χ2v) is 7.24. The van der Waals surface area contributed by atoms with E-state index in [1.165, 1.54) is 35.9 Å². The molecule has 8 heteroatoms. The molecule has 21 heavy (non-hydrogen) atoms. The fraction of sp³-hybridized carbons (Fsp3) is 0.462. The predicted molar refractivity (Wildman–Crippen MR) is 83.0 cm³/mol. The number of hydrogen-bond acceptors (Lipinski definition) is 6. The molecule has 1 aliphatic rings. The van der Waals surface area contributed by atoms with Crippen molar-refractivity contribution in [3.8, 4) is 5.75 Å². The van der Waals surface area contributed by atoms with Gasteiger partial charge in [-0.15, -0.1) is 11.3 Å². The Morgan fingerprint density at radius 2 is 2.29 bits per heavy atom. The fourth-order valence-electron chi connectivity index (χ4n) is 2.43. The number of aromatic nitrogens is 2. The van der Waals surface area contributed by atoms with E-state index < -0.39 is 0 Å². The molecule has 1 saturated carbocycles. The first kappa shape index (κ1) is 14.4. The summed E-state index contributed by atoms with van der Waals surface area (Å²) in [6, 6.07) is 1.44. The molecule has 2 heterocycles. The summed E-state index contributed by atoms with van der Waals surface area (Å²) < 4.78 is 1.19. The van der Waals surface area contributed by atoms with Crippen LogP contribution in [0.2, 0.25) is 0 Å². The van der Waals surface area contributed by atoms with Gasteiger partial charge in [0.1, 0.15) is 10.4 Å². The Balaban J connectivity index is 1.63.